The van der Waals surface area contributed by atoms with Crippen molar-refractivity contribution >= 4 is 12.0 Å². The molecule has 3 fully saturated rings. The van der Waals surface area contributed by atoms with E-state index in [2.05, 4.69) is 5.32 Å². The van der Waals surface area contributed by atoms with Gasteiger partial charge < -0.3 is 45.0 Å². The molecule has 1 aromatic rings. The molecule has 2 heterocycles. The number of hydrogen-bond donors (Lipinski definition) is 5. The Kier molecular flexibility index (Phi) is 12.4. The lowest BCUT2D eigenvalue weighted by Crippen LogP contribution is -2.54. The highest BCUT2D eigenvalue weighted by Gasteiger charge is 2.54. The smallest absolute Gasteiger partial charge is 0.410 e. The molecule has 3 aliphatic rings. The number of carbonyl (C=O) groups excluding carboxylic acids is 2. The summed E-state index contributed by atoms with van der Waals surface area (Å²) >= 11 is 0. The number of aliphatic hydroxyl groups is 4. The van der Waals surface area contributed by atoms with Gasteiger partial charge in [0.1, 0.15) is 23.5 Å². The predicted octanol–water partition coefficient (Wildman–Crippen LogP) is 1.83. The average Bonchev–Trinajstić information content (AvgIpc) is 3.64. The normalized spacial score (nSPS) is 21.4. The summed E-state index contributed by atoms with van der Waals surface area (Å²) < 4.78 is 40.5. The summed E-state index contributed by atoms with van der Waals surface area (Å²) in [5.74, 6) is -1.29. The third-order valence-corrected chi connectivity index (χ3v) is 9.43. The minimum atomic E-state index is -1.39. The second kappa shape index (κ2) is 15.8. The van der Waals surface area contributed by atoms with Crippen molar-refractivity contribution in [2.45, 2.75) is 83.2 Å². The van der Waals surface area contributed by atoms with Crippen LogP contribution in [0.15, 0.2) is 12.1 Å². The standard InChI is InChI=1S/C32H49F2N3O8/c1-20(2)45-31(43)36-8-6-32(7-9-36)15-22(32)4-3-11-44-23-12-25(33)24(26(34)13-23)14-29(41)37-18-21(19-37)16-35-17-28(40)30(42)27(39)5-10-38/h12-13,20-22,27-28,30,35,38-40,42H,3-11,14-19H2,1-2H3. The molecule has 5 N–H and O–H groups in total. The first-order valence-corrected chi connectivity index (χ1v) is 16.1. The average molecular weight is 642 g/mol. The number of hydrogen-bond acceptors (Lipinski definition) is 9. The molecule has 0 bridgehead atoms. The van der Waals surface area contributed by atoms with Gasteiger partial charge in [-0.15, -0.1) is 0 Å². The lowest BCUT2D eigenvalue weighted by atomic mass is 9.90. The molecule has 2 amide bonds. The SMILES string of the molecule is CC(C)OC(=O)N1CCC2(CC1)CC2CCCOc1cc(F)c(CC(=O)N2CC(CNCC(O)C(O)C(O)CCO)C2)c(F)c1. The van der Waals surface area contributed by atoms with Gasteiger partial charge in [0.2, 0.25) is 5.91 Å². The Balaban J connectivity index is 1.11. The van der Waals surface area contributed by atoms with Crippen molar-refractivity contribution in [2.24, 2.45) is 17.3 Å². The molecule has 2 saturated heterocycles. The number of halogens is 2. The largest absolute Gasteiger partial charge is 0.493 e. The maximum atomic E-state index is 14.8. The number of ether oxygens (including phenoxy) is 2. The summed E-state index contributed by atoms with van der Waals surface area (Å²) in [5, 5.41) is 41.3. The van der Waals surface area contributed by atoms with E-state index in [1.54, 1.807) is 4.90 Å². The monoisotopic (exact) mass is 641 g/mol. The Labute approximate surface area is 263 Å². The Morgan fingerprint density at radius 1 is 1.07 bits per heavy atom. The highest BCUT2D eigenvalue weighted by molar-refractivity contribution is 5.79. The fourth-order valence-corrected chi connectivity index (χ4v) is 6.50. The van der Waals surface area contributed by atoms with E-state index in [0.29, 0.717) is 45.2 Å². The number of amides is 2. The minimum absolute atomic E-state index is 0.0250. The van der Waals surface area contributed by atoms with Crippen LogP contribution in [0, 0.1) is 28.9 Å². The van der Waals surface area contributed by atoms with Crippen molar-refractivity contribution in [3.05, 3.63) is 29.3 Å². The van der Waals surface area contributed by atoms with Gasteiger partial charge in [-0.3, -0.25) is 4.79 Å². The van der Waals surface area contributed by atoms with Gasteiger partial charge in [0.15, 0.2) is 0 Å². The van der Waals surface area contributed by atoms with Gasteiger partial charge in [-0.1, -0.05) is 0 Å². The van der Waals surface area contributed by atoms with Crippen molar-refractivity contribution in [3.8, 4) is 5.75 Å². The molecule has 2 aliphatic heterocycles. The summed E-state index contributed by atoms with van der Waals surface area (Å²) in [6, 6.07) is 2.24. The van der Waals surface area contributed by atoms with Gasteiger partial charge in [-0.05, 0) is 63.7 Å². The second-order valence-electron chi connectivity index (χ2n) is 13.2. The number of benzene rings is 1. The van der Waals surface area contributed by atoms with Crippen LogP contribution in [0.25, 0.3) is 0 Å². The zero-order valence-electron chi connectivity index (χ0n) is 26.3. The predicted molar refractivity (Wildman–Crippen MR) is 160 cm³/mol. The lowest BCUT2D eigenvalue weighted by molar-refractivity contribution is -0.136. The summed E-state index contributed by atoms with van der Waals surface area (Å²) in [7, 11) is 0. The lowest BCUT2D eigenvalue weighted by Gasteiger charge is -2.39. The molecular weight excluding hydrogens is 592 g/mol. The van der Waals surface area contributed by atoms with Gasteiger partial charge in [0, 0.05) is 69.5 Å². The molecule has 1 saturated carbocycles. The highest BCUT2D eigenvalue weighted by atomic mass is 19.1. The van der Waals surface area contributed by atoms with Crippen LogP contribution in [-0.2, 0) is 16.0 Å². The van der Waals surface area contributed by atoms with Gasteiger partial charge in [-0.2, -0.15) is 0 Å². The van der Waals surface area contributed by atoms with Gasteiger partial charge in [-0.25, -0.2) is 13.6 Å². The Bertz CT molecular complexity index is 1120. The van der Waals surface area contributed by atoms with Crippen molar-refractivity contribution in [3.63, 3.8) is 0 Å². The second-order valence-corrected chi connectivity index (χ2v) is 13.2. The van der Waals surface area contributed by atoms with Crippen LogP contribution in [0.5, 0.6) is 5.75 Å². The van der Waals surface area contributed by atoms with Gasteiger partial charge in [0.05, 0.1) is 31.3 Å². The molecule has 45 heavy (non-hydrogen) atoms. The Morgan fingerprint density at radius 2 is 1.73 bits per heavy atom. The van der Waals surface area contributed by atoms with Crippen molar-refractivity contribution < 1.29 is 48.3 Å². The first-order chi connectivity index (χ1) is 21.4. The fourth-order valence-electron chi connectivity index (χ4n) is 6.50. The van der Waals surface area contributed by atoms with Crippen molar-refractivity contribution in [2.75, 3.05) is 52.5 Å². The van der Waals surface area contributed by atoms with E-state index in [0.717, 1.165) is 44.2 Å². The number of aliphatic hydroxyl groups excluding tert-OH is 4. The Morgan fingerprint density at radius 3 is 2.36 bits per heavy atom. The molecule has 4 atom stereocenters. The van der Waals surface area contributed by atoms with Crippen LogP contribution in [-0.4, -0.2) is 119 Å². The number of carbonyl (C=O) groups is 2. The molecule has 1 spiro atoms. The summed E-state index contributed by atoms with van der Waals surface area (Å²) in [6.45, 7) is 6.39. The number of piperidine rings is 1. The zero-order valence-corrected chi connectivity index (χ0v) is 26.3. The minimum Gasteiger partial charge on any atom is -0.493 e. The third kappa shape index (κ3) is 9.47. The van der Waals surface area contributed by atoms with Crippen LogP contribution in [0.3, 0.4) is 0 Å². The molecule has 4 unspecified atom stereocenters. The number of nitrogens with zero attached hydrogens (tertiary/aromatic N) is 2. The number of rotatable bonds is 16. The molecule has 11 nitrogen and oxygen atoms in total. The van der Waals surface area contributed by atoms with Crippen molar-refractivity contribution in [1.82, 2.24) is 15.1 Å². The zero-order chi connectivity index (χ0) is 32.7. The molecule has 254 valence electrons. The molecule has 0 aromatic heterocycles. The highest BCUT2D eigenvalue weighted by Crippen LogP contribution is 2.61. The molecule has 4 rings (SSSR count). The maximum absolute atomic E-state index is 14.8. The molecule has 1 aromatic carbocycles. The van der Waals surface area contributed by atoms with Crippen LogP contribution < -0.4 is 10.1 Å². The maximum Gasteiger partial charge on any atom is 0.410 e. The fraction of sp³-hybridized carbons (Fsp3) is 0.750. The van der Waals surface area contributed by atoms with E-state index in [1.807, 2.05) is 13.8 Å². The first-order valence-electron chi connectivity index (χ1n) is 16.1. The number of likely N-dealkylation sites (tertiary alicyclic amines) is 2. The molecule has 0 radical (unpaired) electrons. The summed E-state index contributed by atoms with van der Waals surface area (Å²) in [6.07, 6.45) is 0.107. The van der Waals surface area contributed by atoms with Crippen LogP contribution >= 0.6 is 0 Å². The van der Waals surface area contributed by atoms with Crippen molar-refractivity contribution in [1.29, 1.82) is 0 Å². The summed E-state index contributed by atoms with van der Waals surface area (Å²) in [5.41, 5.74) is -0.0122. The summed E-state index contributed by atoms with van der Waals surface area (Å²) in [4.78, 5) is 28.1. The molecule has 13 heteroatoms. The van der Waals surface area contributed by atoms with E-state index in [1.165, 1.54) is 4.90 Å². The van der Waals surface area contributed by atoms with Crippen LogP contribution in [0.2, 0.25) is 0 Å². The van der Waals surface area contributed by atoms with Gasteiger partial charge >= 0.3 is 6.09 Å². The van der Waals surface area contributed by atoms with E-state index in [4.69, 9.17) is 14.6 Å². The quantitative estimate of drug-likeness (QED) is 0.170. The first kappa shape index (κ1) is 35.3. The van der Waals surface area contributed by atoms with E-state index >= 15 is 0 Å². The third-order valence-electron chi connectivity index (χ3n) is 9.43. The topological polar surface area (TPSA) is 152 Å². The number of nitrogens with one attached hydrogen (secondary N) is 1. The van der Waals surface area contributed by atoms with Crippen LogP contribution in [0.4, 0.5) is 13.6 Å². The van der Waals surface area contributed by atoms with Crippen LogP contribution in [0.1, 0.15) is 57.9 Å². The van der Waals surface area contributed by atoms with E-state index in [9.17, 15) is 33.7 Å². The molecule has 1 aliphatic carbocycles. The van der Waals surface area contributed by atoms with E-state index < -0.39 is 36.4 Å². The van der Waals surface area contributed by atoms with E-state index in [-0.39, 0.29) is 60.3 Å². The Hall–Kier alpha value is -2.58. The molecular formula is C32H49F2N3O8. The van der Waals surface area contributed by atoms with Gasteiger partial charge in [0.25, 0.3) is 0 Å².